The Morgan fingerprint density at radius 3 is 2.75 bits per heavy atom. The van der Waals surface area contributed by atoms with Gasteiger partial charge in [-0.2, -0.15) is 0 Å². The van der Waals surface area contributed by atoms with Gasteiger partial charge in [-0.1, -0.05) is 32.0 Å². The van der Waals surface area contributed by atoms with E-state index in [2.05, 4.69) is 32.0 Å². The van der Waals surface area contributed by atoms with Gasteiger partial charge in [-0.05, 0) is 28.5 Å². The molecule has 1 saturated carbocycles. The van der Waals surface area contributed by atoms with Gasteiger partial charge in [-0.3, -0.25) is 0 Å². The molecule has 1 fully saturated rings. The lowest BCUT2D eigenvalue weighted by atomic mass is 9.96. The molecule has 1 aliphatic heterocycles. The Balaban J connectivity index is 1.93. The van der Waals surface area contributed by atoms with Crippen LogP contribution in [0.5, 0.6) is 0 Å². The van der Waals surface area contributed by atoms with Gasteiger partial charge in [0.1, 0.15) is 0 Å². The summed E-state index contributed by atoms with van der Waals surface area (Å²) in [6.07, 6.45) is 1.05. The van der Waals surface area contributed by atoms with E-state index in [9.17, 15) is 0 Å². The van der Waals surface area contributed by atoms with Crippen LogP contribution >= 0.6 is 0 Å². The van der Waals surface area contributed by atoms with E-state index in [0.29, 0.717) is 12.0 Å². The van der Waals surface area contributed by atoms with Gasteiger partial charge in [0.2, 0.25) is 0 Å². The number of hydrogen-bond acceptors (Lipinski definition) is 2. The van der Waals surface area contributed by atoms with Gasteiger partial charge in [0.15, 0.2) is 0 Å². The zero-order chi connectivity index (χ0) is 11.3. The second-order valence-corrected chi connectivity index (χ2v) is 5.66. The predicted octanol–water partition coefficient (Wildman–Crippen LogP) is 2.21. The molecule has 0 aromatic heterocycles. The van der Waals surface area contributed by atoms with Crippen molar-refractivity contribution in [2.75, 3.05) is 6.61 Å². The third-order valence-corrected chi connectivity index (χ3v) is 4.27. The highest BCUT2D eigenvalue weighted by molar-refractivity contribution is 5.40. The van der Waals surface area contributed by atoms with Gasteiger partial charge < -0.3 is 10.5 Å². The zero-order valence-corrected chi connectivity index (χ0v) is 9.99. The van der Waals surface area contributed by atoms with E-state index >= 15 is 0 Å². The highest BCUT2D eigenvalue weighted by Gasteiger charge is 2.56. The maximum Gasteiger partial charge on any atom is 0.0719 e. The molecule has 2 aliphatic rings. The minimum absolute atomic E-state index is 0.277. The van der Waals surface area contributed by atoms with E-state index in [1.807, 2.05) is 0 Å². The first-order valence-electron chi connectivity index (χ1n) is 6.06. The van der Waals surface area contributed by atoms with Crippen LogP contribution in [-0.4, -0.2) is 12.6 Å². The molecule has 0 bridgehead atoms. The third kappa shape index (κ3) is 1.40. The molecule has 2 heteroatoms. The van der Waals surface area contributed by atoms with E-state index < -0.39 is 0 Å². The first kappa shape index (κ1) is 10.3. The van der Waals surface area contributed by atoms with Gasteiger partial charge in [0.05, 0.1) is 13.2 Å². The lowest BCUT2D eigenvalue weighted by Crippen LogP contribution is -2.10. The molecule has 86 valence electrons. The van der Waals surface area contributed by atoms with Crippen molar-refractivity contribution in [1.29, 1.82) is 0 Å². The van der Waals surface area contributed by atoms with Crippen molar-refractivity contribution >= 4 is 0 Å². The van der Waals surface area contributed by atoms with E-state index in [0.717, 1.165) is 19.6 Å². The number of fused-ring (bicyclic) bond motifs is 1. The molecule has 0 spiro atoms. The largest absolute Gasteiger partial charge is 0.376 e. The molecule has 2 N–H and O–H groups in total. The summed E-state index contributed by atoms with van der Waals surface area (Å²) in [5, 5.41) is 0. The molecule has 3 rings (SSSR count). The first-order chi connectivity index (χ1) is 7.60. The Kier molecular flexibility index (Phi) is 2.13. The van der Waals surface area contributed by atoms with Crippen LogP contribution in [0.3, 0.4) is 0 Å². The molecule has 0 unspecified atom stereocenters. The fourth-order valence-corrected chi connectivity index (χ4v) is 2.89. The van der Waals surface area contributed by atoms with Crippen molar-refractivity contribution in [3.63, 3.8) is 0 Å². The topological polar surface area (TPSA) is 35.2 Å². The average molecular weight is 217 g/mol. The van der Waals surface area contributed by atoms with Crippen molar-refractivity contribution in [2.45, 2.75) is 38.8 Å². The molecule has 16 heavy (non-hydrogen) atoms. The van der Waals surface area contributed by atoms with Crippen LogP contribution in [0.1, 0.15) is 36.5 Å². The van der Waals surface area contributed by atoms with E-state index in [1.54, 1.807) is 0 Å². The Morgan fingerprint density at radius 2 is 2.06 bits per heavy atom. The first-order valence-corrected chi connectivity index (χ1v) is 6.06. The van der Waals surface area contributed by atoms with E-state index in [4.69, 9.17) is 10.5 Å². The summed E-state index contributed by atoms with van der Waals surface area (Å²) in [6.45, 7) is 6.14. The third-order valence-electron chi connectivity index (χ3n) is 4.27. The summed E-state index contributed by atoms with van der Waals surface area (Å²) in [5.74, 6) is 0.542. The lowest BCUT2D eigenvalue weighted by molar-refractivity contribution is 0.110. The SMILES string of the molecule is CC1(C)[C@@H](N)[C@@H]1c1ccc2c(c1)CCOC2. The van der Waals surface area contributed by atoms with Crippen LogP contribution in [0.4, 0.5) is 0 Å². The molecule has 0 amide bonds. The van der Waals surface area contributed by atoms with Crippen LogP contribution in [0.25, 0.3) is 0 Å². The van der Waals surface area contributed by atoms with Crippen LogP contribution in [-0.2, 0) is 17.8 Å². The van der Waals surface area contributed by atoms with Gasteiger partial charge in [-0.15, -0.1) is 0 Å². The summed E-state index contributed by atoms with van der Waals surface area (Å²) in [6, 6.07) is 7.11. The summed E-state index contributed by atoms with van der Waals surface area (Å²) in [4.78, 5) is 0. The van der Waals surface area contributed by atoms with Crippen molar-refractivity contribution in [1.82, 2.24) is 0 Å². The molecule has 1 aliphatic carbocycles. The molecule has 1 aromatic rings. The van der Waals surface area contributed by atoms with Crippen LogP contribution < -0.4 is 5.73 Å². The second-order valence-electron chi connectivity index (χ2n) is 5.66. The Hall–Kier alpha value is -0.860. The number of benzene rings is 1. The second kappa shape index (κ2) is 3.31. The summed E-state index contributed by atoms with van der Waals surface area (Å²) in [5.41, 5.74) is 10.6. The smallest absolute Gasteiger partial charge is 0.0719 e. The maximum absolute atomic E-state index is 6.13. The van der Waals surface area contributed by atoms with Crippen LogP contribution in [0.2, 0.25) is 0 Å². The maximum atomic E-state index is 6.13. The summed E-state index contributed by atoms with van der Waals surface area (Å²) < 4.78 is 5.45. The molecule has 2 atom stereocenters. The highest BCUT2D eigenvalue weighted by Crippen LogP contribution is 2.57. The molecular formula is C14H19NO. The molecule has 1 heterocycles. The quantitative estimate of drug-likeness (QED) is 0.782. The number of rotatable bonds is 1. The zero-order valence-electron chi connectivity index (χ0n) is 9.99. The number of hydrogen-bond donors (Lipinski definition) is 1. The van der Waals surface area contributed by atoms with Crippen molar-refractivity contribution in [3.05, 3.63) is 34.9 Å². The molecular weight excluding hydrogens is 198 g/mol. The Morgan fingerprint density at radius 1 is 1.31 bits per heavy atom. The number of ether oxygens (including phenoxy) is 1. The minimum atomic E-state index is 0.277. The van der Waals surface area contributed by atoms with Crippen LogP contribution in [0, 0.1) is 5.41 Å². The average Bonchev–Trinajstić information content (AvgIpc) is 2.78. The number of nitrogens with two attached hydrogens (primary N) is 1. The van der Waals surface area contributed by atoms with E-state index in [-0.39, 0.29) is 5.41 Å². The minimum Gasteiger partial charge on any atom is -0.376 e. The summed E-state index contributed by atoms with van der Waals surface area (Å²) >= 11 is 0. The van der Waals surface area contributed by atoms with Crippen LogP contribution in [0.15, 0.2) is 18.2 Å². The monoisotopic (exact) mass is 217 g/mol. The predicted molar refractivity (Wildman–Crippen MR) is 64.3 cm³/mol. The van der Waals surface area contributed by atoms with Gasteiger partial charge in [0.25, 0.3) is 0 Å². The van der Waals surface area contributed by atoms with E-state index in [1.165, 1.54) is 16.7 Å². The van der Waals surface area contributed by atoms with Crippen molar-refractivity contribution in [2.24, 2.45) is 11.1 Å². The molecule has 2 nitrogen and oxygen atoms in total. The van der Waals surface area contributed by atoms with Crippen molar-refractivity contribution in [3.8, 4) is 0 Å². The fourth-order valence-electron chi connectivity index (χ4n) is 2.89. The van der Waals surface area contributed by atoms with Gasteiger partial charge in [-0.25, -0.2) is 0 Å². The van der Waals surface area contributed by atoms with Gasteiger partial charge in [0, 0.05) is 12.0 Å². The summed E-state index contributed by atoms with van der Waals surface area (Å²) in [7, 11) is 0. The molecule has 0 saturated heterocycles. The Labute approximate surface area is 96.8 Å². The normalized spacial score (nSPS) is 30.9. The fraction of sp³-hybridized carbons (Fsp3) is 0.571. The highest BCUT2D eigenvalue weighted by atomic mass is 16.5. The Bertz CT molecular complexity index is 425. The standard InChI is InChI=1S/C14H19NO/c1-14(2)12(13(14)15)10-3-4-11-8-16-6-5-9(11)7-10/h3-4,7,12-13H,5-6,8,15H2,1-2H3/t12-,13-/m0/s1. The van der Waals surface area contributed by atoms with Gasteiger partial charge >= 0.3 is 0 Å². The van der Waals surface area contributed by atoms with Crippen molar-refractivity contribution < 1.29 is 4.74 Å². The molecule has 1 aromatic carbocycles. The molecule has 0 radical (unpaired) electrons. The lowest BCUT2D eigenvalue weighted by Gasteiger charge is -2.17.